The van der Waals surface area contributed by atoms with E-state index in [0.29, 0.717) is 6.54 Å². The minimum atomic E-state index is 0.213. The van der Waals surface area contributed by atoms with Crippen molar-refractivity contribution in [3.8, 4) is 5.75 Å². The maximum atomic E-state index is 5.40. The summed E-state index contributed by atoms with van der Waals surface area (Å²) in [7, 11) is 1.70. The Morgan fingerprint density at radius 3 is 2.83 bits per heavy atom. The molecule has 1 heterocycles. The van der Waals surface area contributed by atoms with E-state index in [1.165, 1.54) is 11.1 Å². The zero-order valence-electron chi connectivity index (χ0n) is 11.1. The van der Waals surface area contributed by atoms with Gasteiger partial charge in [-0.05, 0) is 32.0 Å². The summed E-state index contributed by atoms with van der Waals surface area (Å²) in [6.45, 7) is 4.92. The van der Waals surface area contributed by atoms with Gasteiger partial charge in [-0.2, -0.15) is 0 Å². The number of hydrogen-bond acceptors (Lipinski definition) is 3. The van der Waals surface area contributed by atoms with Crippen LogP contribution in [0.3, 0.4) is 0 Å². The largest absolute Gasteiger partial charge is 0.496 e. The minimum Gasteiger partial charge on any atom is -0.496 e. The molecule has 0 saturated carbocycles. The molecular formula is C15H19NO2. The molecule has 2 rings (SSSR count). The van der Waals surface area contributed by atoms with Gasteiger partial charge in [0.15, 0.2) is 0 Å². The SMILES string of the molecule is COc1ccc(C)cc1C(C)NCc1ccco1. The fourth-order valence-electron chi connectivity index (χ4n) is 1.97. The number of furan rings is 1. The lowest BCUT2D eigenvalue weighted by molar-refractivity contribution is 0.397. The molecule has 96 valence electrons. The van der Waals surface area contributed by atoms with Crippen LogP contribution in [-0.2, 0) is 6.54 Å². The van der Waals surface area contributed by atoms with Crippen LogP contribution in [0.2, 0.25) is 0 Å². The van der Waals surface area contributed by atoms with Crippen molar-refractivity contribution in [3.63, 3.8) is 0 Å². The molecule has 18 heavy (non-hydrogen) atoms. The fourth-order valence-corrected chi connectivity index (χ4v) is 1.97. The summed E-state index contributed by atoms with van der Waals surface area (Å²) < 4.78 is 10.7. The Morgan fingerprint density at radius 1 is 1.33 bits per heavy atom. The van der Waals surface area contributed by atoms with Gasteiger partial charge < -0.3 is 14.5 Å². The van der Waals surface area contributed by atoms with Gasteiger partial charge in [-0.3, -0.25) is 0 Å². The third-order valence-electron chi connectivity index (χ3n) is 3.01. The highest BCUT2D eigenvalue weighted by molar-refractivity contribution is 5.38. The second kappa shape index (κ2) is 5.74. The molecule has 0 aliphatic heterocycles. The van der Waals surface area contributed by atoms with E-state index >= 15 is 0 Å². The van der Waals surface area contributed by atoms with Crippen LogP contribution in [-0.4, -0.2) is 7.11 Å². The average Bonchev–Trinajstić information content (AvgIpc) is 2.89. The number of benzene rings is 1. The highest BCUT2D eigenvalue weighted by Crippen LogP contribution is 2.26. The van der Waals surface area contributed by atoms with Crippen LogP contribution in [0.4, 0.5) is 0 Å². The maximum absolute atomic E-state index is 5.40. The van der Waals surface area contributed by atoms with Crippen molar-refractivity contribution in [3.05, 3.63) is 53.5 Å². The Kier molecular flexibility index (Phi) is 4.05. The molecule has 1 N–H and O–H groups in total. The second-order valence-electron chi connectivity index (χ2n) is 4.43. The van der Waals surface area contributed by atoms with Crippen LogP contribution in [0.1, 0.15) is 29.9 Å². The summed E-state index contributed by atoms with van der Waals surface area (Å²) in [5, 5.41) is 3.43. The van der Waals surface area contributed by atoms with Crippen LogP contribution in [0.5, 0.6) is 5.75 Å². The molecule has 0 saturated heterocycles. The van der Waals surface area contributed by atoms with E-state index in [-0.39, 0.29) is 6.04 Å². The number of hydrogen-bond donors (Lipinski definition) is 1. The molecule has 2 aromatic rings. The minimum absolute atomic E-state index is 0.213. The van der Waals surface area contributed by atoms with Crippen LogP contribution >= 0.6 is 0 Å². The first kappa shape index (κ1) is 12.7. The Bertz CT molecular complexity index is 491. The molecule has 0 radical (unpaired) electrons. The average molecular weight is 245 g/mol. The van der Waals surface area contributed by atoms with Gasteiger partial charge in [0, 0.05) is 11.6 Å². The lowest BCUT2D eigenvalue weighted by Crippen LogP contribution is -2.18. The Labute approximate surface area is 108 Å². The van der Waals surface area contributed by atoms with Gasteiger partial charge in [0.2, 0.25) is 0 Å². The zero-order valence-corrected chi connectivity index (χ0v) is 11.1. The van der Waals surface area contributed by atoms with Gasteiger partial charge in [0.25, 0.3) is 0 Å². The summed E-state index contributed by atoms with van der Waals surface area (Å²) in [6, 6.07) is 10.3. The molecule has 0 aliphatic carbocycles. The van der Waals surface area contributed by atoms with E-state index in [0.717, 1.165) is 11.5 Å². The van der Waals surface area contributed by atoms with E-state index < -0.39 is 0 Å². The third kappa shape index (κ3) is 2.93. The number of aryl methyl sites for hydroxylation is 1. The van der Waals surface area contributed by atoms with Gasteiger partial charge in [-0.25, -0.2) is 0 Å². The van der Waals surface area contributed by atoms with Crippen LogP contribution in [0, 0.1) is 6.92 Å². The van der Waals surface area contributed by atoms with Gasteiger partial charge in [0.05, 0.1) is 19.9 Å². The zero-order chi connectivity index (χ0) is 13.0. The van der Waals surface area contributed by atoms with Crippen molar-refractivity contribution in [1.29, 1.82) is 0 Å². The van der Waals surface area contributed by atoms with E-state index in [1.54, 1.807) is 13.4 Å². The molecule has 0 fully saturated rings. The van der Waals surface area contributed by atoms with Gasteiger partial charge in [-0.1, -0.05) is 17.7 Å². The molecule has 0 bridgehead atoms. The molecule has 3 heteroatoms. The Balaban J connectivity index is 2.08. The van der Waals surface area contributed by atoms with E-state index in [1.807, 2.05) is 18.2 Å². The Hall–Kier alpha value is -1.74. The van der Waals surface area contributed by atoms with Crippen molar-refractivity contribution >= 4 is 0 Å². The summed E-state index contributed by atoms with van der Waals surface area (Å²) >= 11 is 0. The number of methoxy groups -OCH3 is 1. The van der Waals surface area contributed by atoms with Gasteiger partial charge in [-0.15, -0.1) is 0 Å². The van der Waals surface area contributed by atoms with Crippen molar-refractivity contribution in [2.75, 3.05) is 7.11 Å². The predicted octanol–water partition coefficient (Wildman–Crippen LogP) is 3.45. The first-order valence-corrected chi connectivity index (χ1v) is 6.11. The highest BCUT2D eigenvalue weighted by Gasteiger charge is 2.11. The van der Waals surface area contributed by atoms with Gasteiger partial charge in [0.1, 0.15) is 11.5 Å². The van der Waals surface area contributed by atoms with Crippen molar-refractivity contribution < 1.29 is 9.15 Å². The first-order valence-electron chi connectivity index (χ1n) is 6.11. The Morgan fingerprint density at radius 2 is 2.17 bits per heavy atom. The summed E-state index contributed by atoms with van der Waals surface area (Å²) in [6.07, 6.45) is 1.69. The van der Waals surface area contributed by atoms with Crippen molar-refractivity contribution in [1.82, 2.24) is 5.32 Å². The molecule has 0 amide bonds. The lowest BCUT2D eigenvalue weighted by atomic mass is 10.0. The summed E-state index contributed by atoms with van der Waals surface area (Å²) in [5.74, 6) is 1.86. The third-order valence-corrected chi connectivity index (χ3v) is 3.01. The normalized spacial score (nSPS) is 12.4. The van der Waals surface area contributed by atoms with Crippen LogP contribution in [0.25, 0.3) is 0 Å². The fraction of sp³-hybridized carbons (Fsp3) is 0.333. The van der Waals surface area contributed by atoms with Crippen molar-refractivity contribution in [2.45, 2.75) is 26.4 Å². The number of rotatable bonds is 5. The summed E-state index contributed by atoms with van der Waals surface area (Å²) in [5.41, 5.74) is 2.40. The molecule has 0 spiro atoms. The molecular weight excluding hydrogens is 226 g/mol. The molecule has 1 aromatic carbocycles. The second-order valence-corrected chi connectivity index (χ2v) is 4.43. The first-order chi connectivity index (χ1) is 8.70. The van der Waals surface area contributed by atoms with E-state index in [2.05, 4.69) is 31.3 Å². The molecule has 1 aromatic heterocycles. The molecule has 1 atom stereocenters. The smallest absolute Gasteiger partial charge is 0.123 e. The predicted molar refractivity (Wildman–Crippen MR) is 71.7 cm³/mol. The highest BCUT2D eigenvalue weighted by atomic mass is 16.5. The molecule has 0 aliphatic rings. The lowest BCUT2D eigenvalue weighted by Gasteiger charge is -2.17. The standard InChI is InChI=1S/C15H19NO2/c1-11-6-7-15(17-3)14(9-11)12(2)16-10-13-5-4-8-18-13/h4-9,12,16H,10H2,1-3H3. The van der Waals surface area contributed by atoms with E-state index in [4.69, 9.17) is 9.15 Å². The molecule has 3 nitrogen and oxygen atoms in total. The number of nitrogens with one attached hydrogen (secondary N) is 1. The summed E-state index contributed by atoms with van der Waals surface area (Å²) in [4.78, 5) is 0. The van der Waals surface area contributed by atoms with Gasteiger partial charge >= 0.3 is 0 Å². The van der Waals surface area contributed by atoms with E-state index in [9.17, 15) is 0 Å². The maximum Gasteiger partial charge on any atom is 0.123 e. The quantitative estimate of drug-likeness (QED) is 0.876. The molecule has 1 unspecified atom stereocenters. The van der Waals surface area contributed by atoms with Crippen LogP contribution < -0.4 is 10.1 Å². The monoisotopic (exact) mass is 245 g/mol. The number of ether oxygens (including phenoxy) is 1. The van der Waals surface area contributed by atoms with Crippen LogP contribution in [0.15, 0.2) is 41.0 Å². The van der Waals surface area contributed by atoms with Crippen molar-refractivity contribution in [2.24, 2.45) is 0 Å². The topological polar surface area (TPSA) is 34.4 Å².